The van der Waals surface area contributed by atoms with Crippen LogP contribution in [0.1, 0.15) is 48.9 Å². The van der Waals surface area contributed by atoms with E-state index in [-0.39, 0.29) is 23.9 Å². The number of nitrogens with zero attached hydrogens (tertiary/aromatic N) is 3. The van der Waals surface area contributed by atoms with Gasteiger partial charge in [-0.05, 0) is 24.7 Å². The molecular formula is C16H20N4O6. The summed E-state index contributed by atoms with van der Waals surface area (Å²) in [6.45, 7) is 2.36. The van der Waals surface area contributed by atoms with Gasteiger partial charge < -0.3 is 20.3 Å². The zero-order valence-electron chi connectivity index (χ0n) is 14.5. The van der Waals surface area contributed by atoms with Crippen LogP contribution in [0.2, 0.25) is 0 Å². The normalized spacial score (nSPS) is 21.6. The summed E-state index contributed by atoms with van der Waals surface area (Å²) in [6.07, 6.45) is 0.377. The number of hydrogen-bond donors (Lipinski definition) is 2. The molecule has 140 valence electrons. The number of hydrogen-bond acceptors (Lipinski definition) is 8. The molecule has 1 aliphatic carbocycles. The maximum atomic E-state index is 11.5. The second-order valence-electron chi connectivity index (χ2n) is 5.91. The zero-order chi connectivity index (χ0) is 19.3. The Morgan fingerprint density at radius 2 is 2.04 bits per heavy atom. The molecule has 0 bridgehead atoms. The molecule has 10 heteroatoms. The van der Waals surface area contributed by atoms with Crippen molar-refractivity contribution in [2.45, 2.75) is 38.8 Å². The number of aromatic nitrogens is 3. The van der Waals surface area contributed by atoms with E-state index in [2.05, 4.69) is 22.2 Å². The molecule has 0 aromatic carbocycles. The highest BCUT2D eigenvalue weighted by atomic mass is 16.5. The third-order valence-electron chi connectivity index (χ3n) is 3.94. The van der Waals surface area contributed by atoms with Crippen molar-refractivity contribution in [1.29, 1.82) is 0 Å². The number of nitrogens with two attached hydrogens (primary N) is 1. The largest absolute Gasteiger partial charge is 0.466 e. The number of carbonyl (C=O) groups excluding carboxylic acids is 3. The van der Waals surface area contributed by atoms with E-state index in [1.165, 1.54) is 18.5 Å². The highest BCUT2D eigenvalue weighted by Gasteiger charge is 2.40. The Bertz CT molecular complexity index is 763. The van der Waals surface area contributed by atoms with Gasteiger partial charge in [0.1, 0.15) is 18.4 Å². The number of rotatable bonds is 5. The summed E-state index contributed by atoms with van der Waals surface area (Å²) < 4.78 is 11.8. The summed E-state index contributed by atoms with van der Waals surface area (Å²) in [4.78, 5) is 34.0. The number of esters is 2. The molecule has 3 N–H and O–H groups in total. The van der Waals surface area contributed by atoms with Crippen molar-refractivity contribution in [1.82, 2.24) is 15.0 Å². The third kappa shape index (κ3) is 4.58. The molecule has 1 amide bonds. The van der Waals surface area contributed by atoms with Gasteiger partial charge in [0.05, 0.1) is 12.6 Å². The van der Waals surface area contributed by atoms with Crippen LogP contribution in [0.5, 0.6) is 0 Å². The van der Waals surface area contributed by atoms with E-state index in [4.69, 9.17) is 20.3 Å². The first-order valence-corrected chi connectivity index (χ1v) is 7.98. The molecule has 0 radical (unpaired) electrons. The predicted octanol–water partition coefficient (Wildman–Crippen LogP) is -0.833. The first-order chi connectivity index (χ1) is 12.3. The summed E-state index contributed by atoms with van der Waals surface area (Å²) >= 11 is 0. The molecule has 1 aliphatic rings. The second-order valence-corrected chi connectivity index (χ2v) is 5.91. The maximum absolute atomic E-state index is 11.5. The van der Waals surface area contributed by atoms with Crippen LogP contribution in [0, 0.1) is 17.8 Å². The average molecular weight is 364 g/mol. The number of primary amides is 1. The standard InChI is InChI=1S/C16H20N4O6/c1-9(22)25-8-11-6-13(14(7-11)26-10(2)23)20-12(4-3-5-21)15(16(17)24)18-19-20/h11,13-14,21H,5-8H2,1-2H3,(H2,17,24)/t11-,13+,14+/m1/s1. The lowest BCUT2D eigenvalue weighted by molar-refractivity contribution is -0.148. The van der Waals surface area contributed by atoms with E-state index in [0.29, 0.717) is 12.8 Å². The molecule has 10 nitrogen and oxygen atoms in total. The van der Waals surface area contributed by atoms with Crippen LogP contribution < -0.4 is 5.73 Å². The highest BCUT2D eigenvalue weighted by Crippen LogP contribution is 2.37. The summed E-state index contributed by atoms with van der Waals surface area (Å²) in [5.41, 5.74) is 5.31. The summed E-state index contributed by atoms with van der Waals surface area (Å²) in [7, 11) is 0. The third-order valence-corrected chi connectivity index (χ3v) is 3.94. The van der Waals surface area contributed by atoms with Crippen molar-refractivity contribution in [3.05, 3.63) is 11.4 Å². The van der Waals surface area contributed by atoms with Crippen molar-refractivity contribution in [2.75, 3.05) is 13.2 Å². The van der Waals surface area contributed by atoms with Gasteiger partial charge in [-0.2, -0.15) is 0 Å². The molecule has 0 aliphatic heterocycles. The number of aliphatic hydroxyl groups is 1. The lowest BCUT2D eigenvalue weighted by Gasteiger charge is -2.19. The molecule has 1 aromatic heterocycles. The zero-order valence-corrected chi connectivity index (χ0v) is 14.5. The first-order valence-electron chi connectivity index (χ1n) is 7.98. The van der Waals surface area contributed by atoms with Crippen LogP contribution in [0.4, 0.5) is 0 Å². The number of amides is 1. The lowest BCUT2D eigenvalue weighted by atomic mass is 10.1. The lowest BCUT2D eigenvalue weighted by Crippen LogP contribution is -2.26. The van der Waals surface area contributed by atoms with Gasteiger partial charge in [-0.25, -0.2) is 4.68 Å². The van der Waals surface area contributed by atoms with Crippen molar-refractivity contribution >= 4 is 17.8 Å². The fraction of sp³-hybridized carbons (Fsp3) is 0.562. The van der Waals surface area contributed by atoms with E-state index >= 15 is 0 Å². The van der Waals surface area contributed by atoms with Gasteiger partial charge in [-0.3, -0.25) is 14.4 Å². The Balaban J connectivity index is 2.34. The molecule has 3 atom stereocenters. The molecule has 26 heavy (non-hydrogen) atoms. The molecule has 0 spiro atoms. The fourth-order valence-corrected chi connectivity index (χ4v) is 2.97. The average Bonchev–Trinajstić information content (AvgIpc) is 3.13. The smallest absolute Gasteiger partial charge is 0.302 e. The van der Waals surface area contributed by atoms with E-state index < -0.39 is 36.6 Å². The van der Waals surface area contributed by atoms with Crippen LogP contribution in [-0.2, 0) is 19.1 Å². The van der Waals surface area contributed by atoms with E-state index in [1.54, 1.807) is 0 Å². The maximum Gasteiger partial charge on any atom is 0.302 e. The first kappa shape index (κ1) is 19.4. The number of carbonyl (C=O) groups is 3. The molecule has 2 rings (SSSR count). The Hall–Kier alpha value is -2.93. The number of aliphatic hydroxyl groups excluding tert-OH is 1. The minimum absolute atomic E-state index is 0.0619. The van der Waals surface area contributed by atoms with Crippen LogP contribution in [0.15, 0.2) is 0 Å². The van der Waals surface area contributed by atoms with Gasteiger partial charge in [-0.1, -0.05) is 11.1 Å². The van der Waals surface area contributed by atoms with Crippen molar-refractivity contribution in [3.63, 3.8) is 0 Å². The Kier molecular flexibility index (Phi) is 6.30. The highest BCUT2D eigenvalue weighted by molar-refractivity contribution is 5.92. The minimum atomic E-state index is -0.808. The predicted molar refractivity (Wildman–Crippen MR) is 86.5 cm³/mol. The van der Waals surface area contributed by atoms with E-state index in [1.807, 2.05) is 0 Å². The second kappa shape index (κ2) is 8.44. The molecule has 1 saturated carbocycles. The molecule has 1 fully saturated rings. The fourth-order valence-electron chi connectivity index (χ4n) is 2.97. The van der Waals surface area contributed by atoms with E-state index in [9.17, 15) is 14.4 Å². The minimum Gasteiger partial charge on any atom is -0.466 e. The molecule has 0 saturated heterocycles. The van der Waals surface area contributed by atoms with Crippen LogP contribution in [-0.4, -0.2) is 57.3 Å². The van der Waals surface area contributed by atoms with Gasteiger partial charge >= 0.3 is 11.9 Å². The molecule has 1 heterocycles. The van der Waals surface area contributed by atoms with Gasteiger partial charge in [0.2, 0.25) is 0 Å². The van der Waals surface area contributed by atoms with Gasteiger partial charge in [0.15, 0.2) is 5.69 Å². The summed E-state index contributed by atoms with van der Waals surface area (Å²) in [5, 5.41) is 16.6. The summed E-state index contributed by atoms with van der Waals surface area (Å²) in [6, 6.07) is -0.456. The molecule has 0 unspecified atom stereocenters. The van der Waals surface area contributed by atoms with Crippen molar-refractivity contribution in [3.8, 4) is 11.8 Å². The SMILES string of the molecule is CC(=O)OC[C@H]1C[C@H](OC(C)=O)[C@@H](n2nnc(C(N)=O)c2C#CCO)C1. The molecule has 1 aromatic rings. The van der Waals surface area contributed by atoms with Crippen LogP contribution >= 0.6 is 0 Å². The van der Waals surface area contributed by atoms with Crippen LogP contribution in [0.25, 0.3) is 0 Å². The van der Waals surface area contributed by atoms with Crippen LogP contribution in [0.3, 0.4) is 0 Å². The molecular weight excluding hydrogens is 344 g/mol. The van der Waals surface area contributed by atoms with Crippen molar-refractivity contribution in [2.24, 2.45) is 11.7 Å². The quantitative estimate of drug-likeness (QED) is 0.508. The van der Waals surface area contributed by atoms with Crippen molar-refractivity contribution < 1.29 is 29.0 Å². The topological polar surface area (TPSA) is 147 Å². The Morgan fingerprint density at radius 3 is 2.62 bits per heavy atom. The number of ether oxygens (including phenoxy) is 2. The van der Waals surface area contributed by atoms with E-state index in [0.717, 1.165) is 0 Å². The van der Waals surface area contributed by atoms with Gasteiger partial charge in [0, 0.05) is 13.8 Å². The Labute approximate surface area is 149 Å². The Morgan fingerprint density at radius 1 is 1.31 bits per heavy atom. The van der Waals surface area contributed by atoms with Gasteiger partial charge in [0.25, 0.3) is 5.91 Å². The monoisotopic (exact) mass is 364 g/mol. The summed E-state index contributed by atoms with van der Waals surface area (Å²) in [5.74, 6) is 3.32. The van der Waals surface area contributed by atoms with Gasteiger partial charge in [-0.15, -0.1) is 5.10 Å².